The topological polar surface area (TPSA) is 89.0 Å². The molecule has 2 N–H and O–H groups in total. The molecule has 0 saturated carbocycles. The minimum absolute atomic E-state index is 0.0842. The summed E-state index contributed by atoms with van der Waals surface area (Å²) in [4.78, 5) is 23.5. The molecule has 7 nitrogen and oxygen atoms in total. The monoisotopic (exact) mass is 355 g/mol. The van der Waals surface area contributed by atoms with E-state index in [-0.39, 0.29) is 11.8 Å². The highest BCUT2D eigenvalue weighted by molar-refractivity contribution is 5.96. The number of ether oxygens (including phenoxy) is 2. The Hall–Kier alpha value is -3.35. The summed E-state index contributed by atoms with van der Waals surface area (Å²) in [5.74, 6) is 0.659. The third-order valence-corrected chi connectivity index (χ3v) is 3.56. The fourth-order valence-corrected chi connectivity index (χ4v) is 2.19. The van der Waals surface area contributed by atoms with Crippen LogP contribution in [0.4, 0.5) is 5.69 Å². The third kappa shape index (κ3) is 4.83. The van der Waals surface area contributed by atoms with Gasteiger partial charge in [0.15, 0.2) is 11.5 Å². The molecule has 7 heteroatoms. The first-order valence-corrected chi connectivity index (χ1v) is 8.03. The molecule has 0 saturated heterocycles. The number of rotatable bonds is 7. The van der Waals surface area contributed by atoms with Crippen molar-refractivity contribution >= 4 is 23.7 Å². The van der Waals surface area contributed by atoms with Crippen LogP contribution in [0.25, 0.3) is 0 Å². The standard InChI is InChI=1S/C19H21N3O4/c1-4-17(23)21-15-10-8-13(9-11-15)19(24)22-20-12-14-6-5-7-16(25-2)18(14)26-3/h5-12H,4H2,1-3H3,(H,21,23)(H,22,24)/b20-12+. The van der Waals surface area contributed by atoms with Crippen molar-refractivity contribution in [2.45, 2.75) is 13.3 Å². The molecule has 0 aliphatic carbocycles. The lowest BCUT2D eigenvalue weighted by atomic mass is 10.2. The van der Waals surface area contributed by atoms with E-state index in [4.69, 9.17) is 9.47 Å². The molecule has 2 rings (SSSR count). The largest absolute Gasteiger partial charge is 0.493 e. The Morgan fingerprint density at radius 2 is 1.81 bits per heavy atom. The zero-order valence-corrected chi connectivity index (χ0v) is 14.9. The molecule has 136 valence electrons. The lowest BCUT2D eigenvalue weighted by Gasteiger charge is -2.09. The second-order valence-electron chi connectivity index (χ2n) is 5.26. The van der Waals surface area contributed by atoms with Crippen LogP contribution in [-0.2, 0) is 4.79 Å². The average molecular weight is 355 g/mol. The Labute approximate surface area is 152 Å². The number of carbonyl (C=O) groups excluding carboxylic acids is 2. The fourth-order valence-electron chi connectivity index (χ4n) is 2.19. The minimum atomic E-state index is -0.364. The second-order valence-corrected chi connectivity index (χ2v) is 5.26. The van der Waals surface area contributed by atoms with Crippen LogP contribution in [0.2, 0.25) is 0 Å². The van der Waals surface area contributed by atoms with E-state index >= 15 is 0 Å². The maximum Gasteiger partial charge on any atom is 0.271 e. The number of anilines is 1. The van der Waals surface area contributed by atoms with Gasteiger partial charge >= 0.3 is 0 Å². The summed E-state index contributed by atoms with van der Waals surface area (Å²) in [6.07, 6.45) is 1.87. The molecule has 2 aromatic carbocycles. The summed E-state index contributed by atoms with van der Waals surface area (Å²) < 4.78 is 10.5. The third-order valence-electron chi connectivity index (χ3n) is 3.56. The predicted octanol–water partition coefficient (Wildman–Crippen LogP) is 2.82. The van der Waals surface area contributed by atoms with Gasteiger partial charge in [0.1, 0.15) is 0 Å². The van der Waals surface area contributed by atoms with Crippen LogP contribution in [0.1, 0.15) is 29.3 Å². The van der Waals surface area contributed by atoms with Crippen molar-refractivity contribution in [3.8, 4) is 11.5 Å². The molecular formula is C19H21N3O4. The lowest BCUT2D eigenvalue weighted by Crippen LogP contribution is -2.17. The summed E-state index contributed by atoms with van der Waals surface area (Å²) in [5.41, 5.74) is 4.19. The Morgan fingerprint density at radius 1 is 1.08 bits per heavy atom. The van der Waals surface area contributed by atoms with Crippen molar-refractivity contribution in [3.05, 3.63) is 53.6 Å². The van der Waals surface area contributed by atoms with Gasteiger partial charge in [0.2, 0.25) is 5.91 Å². The molecular weight excluding hydrogens is 334 g/mol. The van der Waals surface area contributed by atoms with Crippen LogP contribution in [0.15, 0.2) is 47.6 Å². The summed E-state index contributed by atoms with van der Waals surface area (Å²) in [7, 11) is 3.08. The molecule has 26 heavy (non-hydrogen) atoms. The van der Waals surface area contributed by atoms with Gasteiger partial charge in [-0.2, -0.15) is 5.10 Å². The minimum Gasteiger partial charge on any atom is -0.493 e. The number of hydrogen-bond acceptors (Lipinski definition) is 5. The summed E-state index contributed by atoms with van der Waals surface area (Å²) >= 11 is 0. The number of nitrogens with zero attached hydrogens (tertiary/aromatic N) is 1. The number of carbonyl (C=O) groups is 2. The summed E-state index contributed by atoms with van der Waals surface area (Å²) in [6.45, 7) is 1.77. The lowest BCUT2D eigenvalue weighted by molar-refractivity contribution is -0.115. The molecule has 0 aromatic heterocycles. The number of hydrazone groups is 1. The van der Waals surface area contributed by atoms with Gasteiger partial charge in [-0.3, -0.25) is 9.59 Å². The first-order chi connectivity index (χ1) is 12.6. The zero-order chi connectivity index (χ0) is 18.9. The molecule has 0 radical (unpaired) electrons. The highest BCUT2D eigenvalue weighted by atomic mass is 16.5. The van der Waals surface area contributed by atoms with E-state index in [0.717, 1.165) is 0 Å². The van der Waals surface area contributed by atoms with Crippen LogP contribution >= 0.6 is 0 Å². The van der Waals surface area contributed by atoms with Gasteiger partial charge in [0.25, 0.3) is 5.91 Å². The van der Waals surface area contributed by atoms with E-state index in [2.05, 4.69) is 15.8 Å². The highest BCUT2D eigenvalue weighted by Crippen LogP contribution is 2.29. The van der Waals surface area contributed by atoms with E-state index in [1.807, 2.05) is 0 Å². The zero-order valence-electron chi connectivity index (χ0n) is 14.9. The van der Waals surface area contributed by atoms with E-state index < -0.39 is 0 Å². The van der Waals surface area contributed by atoms with E-state index in [9.17, 15) is 9.59 Å². The number of nitrogens with one attached hydrogen (secondary N) is 2. The van der Waals surface area contributed by atoms with Crippen molar-refractivity contribution < 1.29 is 19.1 Å². The number of amides is 2. The molecule has 0 unspecified atom stereocenters. The quantitative estimate of drug-likeness (QED) is 0.590. The molecule has 0 aliphatic rings. The average Bonchev–Trinajstić information content (AvgIpc) is 2.67. The number of hydrogen-bond donors (Lipinski definition) is 2. The Kier molecular flexibility index (Phi) is 6.73. The van der Waals surface area contributed by atoms with E-state index in [1.54, 1.807) is 56.5 Å². The maximum atomic E-state index is 12.1. The molecule has 2 aromatic rings. The first kappa shape index (κ1) is 19.0. The molecule has 0 atom stereocenters. The van der Waals surface area contributed by atoms with Gasteiger partial charge in [-0.15, -0.1) is 0 Å². The van der Waals surface area contributed by atoms with Gasteiger partial charge in [-0.05, 0) is 36.4 Å². The van der Waals surface area contributed by atoms with Crippen LogP contribution < -0.4 is 20.2 Å². The van der Waals surface area contributed by atoms with E-state index in [0.29, 0.717) is 34.7 Å². The maximum absolute atomic E-state index is 12.1. The number of methoxy groups -OCH3 is 2. The van der Waals surface area contributed by atoms with Crippen molar-refractivity contribution in [2.24, 2.45) is 5.10 Å². The normalized spacial score (nSPS) is 10.4. The second kappa shape index (κ2) is 9.22. The number of benzene rings is 2. The van der Waals surface area contributed by atoms with Crippen LogP contribution in [0.3, 0.4) is 0 Å². The fraction of sp³-hybridized carbons (Fsp3) is 0.211. The number of para-hydroxylation sites is 1. The van der Waals surface area contributed by atoms with E-state index in [1.165, 1.54) is 13.3 Å². The smallest absolute Gasteiger partial charge is 0.271 e. The molecule has 2 amide bonds. The Bertz CT molecular complexity index is 801. The van der Waals surface area contributed by atoms with Crippen LogP contribution in [-0.4, -0.2) is 32.2 Å². The summed E-state index contributed by atoms with van der Waals surface area (Å²) in [6, 6.07) is 11.9. The molecule has 0 spiro atoms. The van der Waals surface area contributed by atoms with Gasteiger partial charge in [-0.1, -0.05) is 13.0 Å². The Morgan fingerprint density at radius 3 is 2.42 bits per heavy atom. The highest BCUT2D eigenvalue weighted by Gasteiger charge is 2.08. The Balaban J connectivity index is 2.02. The molecule has 0 aliphatic heterocycles. The van der Waals surface area contributed by atoms with Crippen LogP contribution in [0.5, 0.6) is 11.5 Å². The van der Waals surface area contributed by atoms with Gasteiger partial charge < -0.3 is 14.8 Å². The van der Waals surface area contributed by atoms with Gasteiger partial charge in [0.05, 0.1) is 20.4 Å². The molecule has 0 fully saturated rings. The SMILES string of the molecule is CCC(=O)Nc1ccc(C(=O)N/N=C/c2cccc(OC)c2OC)cc1. The molecule has 0 heterocycles. The van der Waals surface area contributed by atoms with Crippen molar-refractivity contribution in [1.82, 2.24) is 5.43 Å². The first-order valence-electron chi connectivity index (χ1n) is 8.03. The van der Waals surface area contributed by atoms with Crippen molar-refractivity contribution in [2.75, 3.05) is 19.5 Å². The summed E-state index contributed by atoms with van der Waals surface area (Å²) in [5, 5.41) is 6.68. The molecule has 0 bridgehead atoms. The van der Waals surface area contributed by atoms with Gasteiger partial charge in [0, 0.05) is 23.2 Å². The predicted molar refractivity (Wildman–Crippen MR) is 100.0 cm³/mol. The van der Waals surface area contributed by atoms with Crippen molar-refractivity contribution in [1.29, 1.82) is 0 Å². The van der Waals surface area contributed by atoms with Crippen molar-refractivity contribution in [3.63, 3.8) is 0 Å². The van der Waals surface area contributed by atoms with Gasteiger partial charge in [-0.25, -0.2) is 5.43 Å². The van der Waals surface area contributed by atoms with Crippen LogP contribution in [0, 0.1) is 0 Å².